The van der Waals surface area contributed by atoms with Gasteiger partial charge in [0.1, 0.15) is 0 Å². The van der Waals surface area contributed by atoms with Gasteiger partial charge >= 0.3 is 0 Å². The van der Waals surface area contributed by atoms with Crippen molar-refractivity contribution in [2.24, 2.45) is 11.5 Å². The Morgan fingerprint density at radius 2 is 1.83 bits per heavy atom. The van der Waals surface area contributed by atoms with Gasteiger partial charge in [-0.1, -0.05) is 42.5 Å². The summed E-state index contributed by atoms with van der Waals surface area (Å²) in [5.41, 5.74) is 14.3. The van der Waals surface area contributed by atoms with Gasteiger partial charge in [-0.25, -0.2) is 0 Å². The van der Waals surface area contributed by atoms with Crippen molar-refractivity contribution >= 4 is 5.91 Å². The summed E-state index contributed by atoms with van der Waals surface area (Å²) in [6.07, 6.45) is 4.81. The number of hydrogen-bond acceptors (Lipinski definition) is 5. The van der Waals surface area contributed by atoms with Crippen molar-refractivity contribution in [1.29, 1.82) is 0 Å². The number of aliphatic hydroxyl groups excluding tert-OH is 1. The maximum atomic E-state index is 12.5. The monoisotopic (exact) mass is 394 g/mol. The van der Waals surface area contributed by atoms with Crippen LogP contribution in [0.25, 0.3) is 0 Å². The first-order chi connectivity index (χ1) is 14.0. The third kappa shape index (κ3) is 7.10. The van der Waals surface area contributed by atoms with E-state index in [-0.39, 0.29) is 5.91 Å². The van der Waals surface area contributed by atoms with E-state index in [0.29, 0.717) is 18.7 Å². The number of hydrogen-bond donors (Lipinski definition) is 4. The lowest BCUT2D eigenvalue weighted by Crippen LogP contribution is -2.28. The van der Waals surface area contributed by atoms with Crippen LogP contribution < -0.4 is 16.8 Å². The minimum atomic E-state index is -0.520. The summed E-state index contributed by atoms with van der Waals surface area (Å²) >= 11 is 0. The Morgan fingerprint density at radius 3 is 2.45 bits per heavy atom. The lowest BCUT2D eigenvalue weighted by molar-refractivity contribution is 0.0808. The van der Waals surface area contributed by atoms with Gasteiger partial charge in [0.2, 0.25) is 0 Å². The van der Waals surface area contributed by atoms with Crippen LogP contribution in [0.4, 0.5) is 0 Å². The van der Waals surface area contributed by atoms with Crippen molar-refractivity contribution < 1.29 is 9.90 Å². The van der Waals surface area contributed by atoms with Crippen molar-refractivity contribution in [3.05, 3.63) is 95.3 Å². The van der Waals surface area contributed by atoms with Crippen molar-refractivity contribution in [2.75, 3.05) is 26.7 Å². The predicted molar refractivity (Wildman–Crippen MR) is 117 cm³/mol. The third-order valence-corrected chi connectivity index (χ3v) is 4.60. The van der Waals surface area contributed by atoms with Crippen LogP contribution >= 0.6 is 0 Å². The van der Waals surface area contributed by atoms with Gasteiger partial charge in [-0.15, -0.1) is 0 Å². The summed E-state index contributed by atoms with van der Waals surface area (Å²) in [6, 6.07) is 17.2. The second-order valence-corrected chi connectivity index (χ2v) is 6.84. The third-order valence-electron chi connectivity index (χ3n) is 4.60. The average molecular weight is 395 g/mol. The maximum absolute atomic E-state index is 12.5. The van der Waals surface area contributed by atoms with Gasteiger partial charge < -0.3 is 26.8 Å². The molecule has 6 nitrogen and oxygen atoms in total. The zero-order valence-corrected chi connectivity index (χ0v) is 16.8. The first-order valence-electron chi connectivity index (χ1n) is 9.62. The van der Waals surface area contributed by atoms with E-state index < -0.39 is 6.10 Å². The zero-order valence-electron chi connectivity index (χ0n) is 16.8. The van der Waals surface area contributed by atoms with E-state index in [4.69, 9.17) is 11.5 Å². The Labute approximate surface area is 172 Å². The van der Waals surface area contributed by atoms with Crippen LogP contribution in [0.15, 0.2) is 78.6 Å². The summed E-state index contributed by atoms with van der Waals surface area (Å²) in [5, 5.41) is 13.4. The molecule has 0 fully saturated rings. The molecule has 6 N–H and O–H groups in total. The molecule has 0 aliphatic carbocycles. The number of benzene rings is 2. The largest absolute Gasteiger partial charge is 0.405 e. The number of nitrogens with two attached hydrogens (primary N) is 2. The summed E-state index contributed by atoms with van der Waals surface area (Å²) in [4.78, 5) is 14.1. The smallest absolute Gasteiger partial charge is 0.253 e. The van der Waals surface area contributed by atoms with Gasteiger partial charge in [0.15, 0.2) is 0 Å². The van der Waals surface area contributed by atoms with E-state index >= 15 is 0 Å². The number of nitrogens with one attached hydrogen (secondary N) is 1. The highest BCUT2D eigenvalue weighted by Crippen LogP contribution is 2.11. The van der Waals surface area contributed by atoms with Crippen molar-refractivity contribution in [2.45, 2.75) is 12.5 Å². The zero-order chi connectivity index (χ0) is 21.1. The van der Waals surface area contributed by atoms with E-state index in [9.17, 15) is 9.90 Å². The van der Waals surface area contributed by atoms with Crippen molar-refractivity contribution in [3.63, 3.8) is 0 Å². The molecule has 0 spiro atoms. The van der Waals surface area contributed by atoms with Crippen LogP contribution in [0.3, 0.4) is 0 Å². The Morgan fingerprint density at radius 1 is 1.14 bits per heavy atom. The molecular weight excluding hydrogens is 364 g/mol. The molecule has 1 amide bonds. The fourth-order valence-electron chi connectivity index (χ4n) is 2.93. The predicted octanol–water partition coefficient (Wildman–Crippen LogP) is 1.94. The van der Waals surface area contributed by atoms with Gasteiger partial charge in [-0.2, -0.15) is 0 Å². The lowest BCUT2D eigenvalue weighted by Gasteiger charge is -2.18. The molecule has 0 saturated carbocycles. The van der Waals surface area contributed by atoms with Crippen LogP contribution in [0, 0.1) is 0 Å². The molecule has 0 saturated heterocycles. The summed E-state index contributed by atoms with van der Waals surface area (Å²) in [7, 11) is 1.73. The lowest BCUT2D eigenvalue weighted by atomic mass is 10.1. The van der Waals surface area contributed by atoms with E-state index in [1.807, 2.05) is 54.6 Å². The molecule has 1 atom stereocenters. The van der Waals surface area contributed by atoms with Crippen LogP contribution in [-0.2, 0) is 6.42 Å². The average Bonchev–Trinajstić information content (AvgIpc) is 2.76. The number of likely N-dealkylation sites (N-methyl/N-ethyl adjacent to an activating group) is 1. The van der Waals surface area contributed by atoms with Crippen LogP contribution in [-0.4, -0.2) is 42.6 Å². The van der Waals surface area contributed by atoms with Crippen LogP contribution in [0.5, 0.6) is 0 Å². The number of aliphatic hydroxyl groups is 1. The quantitative estimate of drug-likeness (QED) is 0.364. The second kappa shape index (κ2) is 11.7. The maximum Gasteiger partial charge on any atom is 0.253 e. The highest BCUT2D eigenvalue weighted by atomic mass is 16.3. The first-order valence-corrected chi connectivity index (χ1v) is 9.62. The molecular formula is C23H30N4O2. The van der Waals surface area contributed by atoms with Gasteiger partial charge in [0.05, 0.1) is 6.10 Å². The van der Waals surface area contributed by atoms with Crippen molar-refractivity contribution in [3.8, 4) is 0 Å². The Bertz CT molecular complexity index is 817. The molecule has 0 aliphatic rings. The molecule has 1 unspecified atom stereocenters. The van der Waals surface area contributed by atoms with E-state index in [1.165, 1.54) is 12.4 Å². The minimum Gasteiger partial charge on any atom is -0.405 e. The molecule has 0 aliphatic heterocycles. The normalized spacial score (nSPS) is 12.8. The second-order valence-electron chi connectivity index (χ2n) is 6.84. The molecule has 2 aromatic rings. The highest BCUT2D eigenvalue weighted by molar-refractivity contribution is 5.94. The van der Waals surface area contributed by atoms with Gasteiger partial charge in [-0.05, 0) is 60.3 Å². The summed E-state index contributed by atoms with van der Waals surface area (Å²) in [5.74, 6) is -0.0783. The van der Waals surface area contributed by atoms with E-state index in [2.05, 4.69) is 5.32 Å². The fraction of sp³-hybridized carbons (Fsp3) is 0.261. The SMILES string of the molecule is CN(CC(/C=C\N)=C/N)C(=O)c1ccc(CCNCC(O)c2ccccc2)cc1. The number of amides is 1. The Kier molecular flexibility index (Phi) is 8.95. The molecule has 6 heteroatoms. The number of nitrogens with zero attached hydrogens (tertiary/aromatic N) is 1. The summed E-state index contributed by atoms with van der Waals surface area (Å²) < 4.78 is 0. The molecule has 0 bridgehead atoms. The Hall–Kier alpha value is -3.09. The minimum absolute atomic E-state index is 0.0783. The van der Waals surface area contributed by atoms with Crippen LogP contribution in [0.2, 0.25) is 0 Å². The molecule has 2 aromatic carbocycles. The van der Waals surface area contributed by atoms with Gasteiger partial charge in [0.25, 0.3) is 5.91 Å². The molecule has 154 valence electrons. The number of carbonyl (C=O) groups is 1. The standard InChI is InChI=1S/C23H30N4O2/c1-27(17-19(15-25)11-13-24)23(29)21-9-7-18(8-10-21)12-14-26-16-22(28)20-5-3-2-4-6-20/h2-11,13,15,22,26,28H,12,14,16-17,24-25H2,1H3/b13-11-,19-15+. The van der Waals surface area contributed by atoms with Crippen LogP contribution in [0.1, 0.15) is 27.6 Å². The topological polar surface area (TPSA) is 105 Å². The molecule has 2 rings (SSSR count). The van der Waals surface area contributed by atoms with E-state index in [0.717, 1.165) is 29.7 Å². The van der Waals surface area contributed by atoms with Gasteiger partial charge in [-0.3, -0.25) is 4.79 Å². The fourth-order valence-corrected chi connectivity index (χ4v) is 2.93. The number of carbonyl (C=O) groups excluding carboxylic acids is 1. The molecule has 29 heavy (non-hydrogen) atoms. The molecule has 0 aromatic heterocycles. The highest BCUT2D eigenvalue weighted by Gasteiger charge is 2.12. The van der Waals surface area contributed by atoms with E-state index in [1.54, 1.807) is 18.0 Å². The molecule has 0 heterocycles. The molecule has 0 radical (unpaired) electrons. The number of rotatable bonds is 10. The first kappa shape index (κ1) is 22.2. The summed E-state index contributed by atoms with van der Waals surface area (Å²) in [6.45, 7) is 1.63. The Balaban J connectivity index is 1.80. The van der Waals surface area contributed by atoms with Crippen molar-refractivity contribution in [1.82, 2.24) is 10.2 Å². The van der Waals surface area contributed by atoms with Gasteiger partial charge in [0, 0.05) is 25.7 Å².